The summed E-state index contributed by atoms with van der Waals surface area (Å²) in [5, 5.41) is 4.76. The molecule has 0 N–H and O–H groups in total. The van der Waals surface area contributed by atoms with Crippen molar-refractivity contribution in [3.8, 4) is 5.92 Å². The van der Waals surface area contributed by atoms with Crippen LogP contribution in [0.1, 0.15) is 24.5 Å². The van der Waals surface area contributed by atoms with Gasteiger partial charge in [-0.25, -0.2) is 4.39 Å². The molecule has 5 rings (SSSR count). The molecule has 0 aliphatic heterocycles. The quantitative estimate of drug-likeness (QED) is 0.0908. The topological polar surface area (TPSA) is 12.9 Å². The number of hydrogen-bond acceptors (Lipinski definition) is 1. The number of rotatable bonds is 5. The second-order valence-corrected chi connectivity index (χ2v) is 10.6. The van der Waals surface area contributed by atoms with E-state index >= 15 is 0 Å². The number of fused-ring (bicyclic) bond motifs is 1. The first-order valence-corrected chi connectivity index (χ1v) is 13.2. The average Bonchev–Trinajstić information content (AvgIpc) is 2.92. The van der Waals surface area contributed by atoms with Gasteiger partial charge in [0, 0.05) is 17.1 Å². The minimum atomic E-state index is -0.877. The van der Waals surface area contributed by atoms with E-state index in [1.165, 1.54) is 22.0 Å². The van der Waals surface area contributed by atoms with Gasteiger partial charge in [0.25, 0.3) is 0 Å². The molecular weight excluding hydrogens is 645 g/mol. The molecule has 0 radical (unpaired) electrons. The predicted octanol–water partition coefficient (Wildman–Crippen LogP) is 6.44. The third kappa shape index (κ3) is 6.58. The molecule has 4 heteroatoms. The largest absolute Gasteiger partial charge is 1.00 e. The fourth-order valence-electron chi connectivity index (χ4n) is 4.17. The van der Waals surface area contributed by atoms with Crippen LogP contribution in [0.3, 0.4) is 0 Å². The summed E-state index contributed by atoms with van der Waals surface area (Å²) < 4.78 is 13.8. The van der Waals surface area contributed by atoms with E-state index < -0.39 is 7.92 Å². The van der Waals surface area contributed by atoms with E-state index in [9.17, 15) is 4.39 Å². The van der Waals surface area contributed by atoms with Crippen LogP contribution in [0.5, 0.6) is 0 Å². The Bertz CT molecular complexity index is 1320. The molecule has 0 amide bonds. The molecule has 0 saturated heterocycles. The SMILES string of the molecule is [Au+].[C-]#Cc1c(CCC)cc(F)c2cccnc12.c1ccc([PH+](c2ccccc2)c2ccccc2)cc1. The van der Waals surface area contributed by atoms with Crippen LogP contribution in [0.4, 0.5) is 4.39 Å². The molecular formula is C32H27AuFNP+. The second kappa shape index (κ2) is 13.9. The Hall–Kier alpha value is -3.05. The smallest absolute Gasteiger partial charge is 0.366 e. The summed E-state index contributed by atoms with van der Waals surface area (Å²) in [6.45, 7) is 2.02. The van der Waals surface area contributed by atoms with Crippen molar-refractivity contribution in [1.82, 2.24) is 4.98 Å². The molecule has 0 spiro atoms. The van der Waals surface area contributed by atoms with Gasteiger partial charge in [0.1, 0.15) is 21.7 Å². The molecule has 1 nitrogen and oxygen atoms in total. The van der Waals surface area contributed by atoms with Crippen LogP contribution in [0.25, 0.3) is 10.9 Å². The van der Waals surface area contributed by atoms with Gasteiger partial charge in [-0.15, -0.1) is 5.56 Å². The number of aromatic nitrogens is 1. The maximum absolute atomic E-state index is 13.8. The van der Waals surface area contributed by atoms with Gasteiger partial charge in [-0.1, -0.05) is 73.5 Å². The molecule has 0 bridgehead atoms. The molecule has 0 unspecified atom stereocenters. The predicted molar refractivity (Wildman–Crippen MR) is 148 cm³/mol. The van der Waals surface area contributed by atoms with Crippen molar-refractivity contribution in [2.24, 2.45) is 0 Å². The van der Waals surface area contributed by atoms with Gasteiger partial charge in [-0.2, -0.15) is 0 Å². The van der Waals surface area contributed by atoms with E-state index in [1.807, 2.05) is 6.92 Å². The molecule has 0 fully saturated rings. The molecule has 1 heterocycles. The van der Waals surface area contributed by atoms with Crippen molar-refractivity contribution in [3.63, 3.8) is 0 Å². The zero-order valence-electron chi connectivity index (χ0n) is 20.0. The fraction of sp³-hybridized carbons (Fsp3) is 0.0938. The van der Waals surface area contributed by atoms with Crippen molar-refractivity contribution in [3.05, 3.63) is 139 Å². The second-order valence-electron chi connectivity index (χ2n) is 8.14. The summed E-state index contributed by atoms with van der Waals surface area (Å²) in [5.74, 6) is 2.10. The van der Waals surface area contributed by atoms with Crippen LogP contribution in [0, 0.1) is 18.2 Å². The number of hydrogen-bond donors (Lipinski definition) is 0. The first-order valence-electron chi connectivity index (χ1n) is 11.7. The summed E-state index contributed by atoms with van der Waals surface area (Å²) in [6.07, 6.45) is 10.6. The van der Waals surface area contributed by atoms with Gasteiger partial charge in [0.05, 0.1) is 7.92 Å². The first kappa shape index (κ1) is 27.5. The Morgan fingerprint density at radius 2 is 1.28 bits per heavy atom. The molecule has 36 heavy (non-hydrogen) atoms. The van der Waals surface area contributed by atoms with Crippen LogP contribution in [-0.4, -0.2) is 4.98 Å². The number of nitrogens with zero attached hydrogens (tertiary/aromatic N) is 1. The molecule has 0 saturated carbocycles. The minimum absolute atomic E-state index is 0. The normalized spacial score (nSPS) is 10.2. The zero-order valence-corrected chi connectivity index (χ0v) is 23.2. The van der Waals surface area contributed by atoms with Crippen molar-refractivity contribution in [2.75, 3.05) is 0 Å². The summed E-state index contributed by atoms with van der Waals surface area (Å²) >= 11 is 0. The Balaban J connectivity index is 0.000000198. The summed E-state index contributed by atoms with van der Waals surface area (Å²) in [5.41, 5.74) is 1.95. The van der Waals surface area contributed by atoms with Gasteiger partial charge in [-0.3, -0.25) is 10.9 Å². The number of aryl methyl sites for hydroxylation is 1. The van der Waals surface area contributed by atoms with Crippen LogP contribution < -0.4 is 15.9 Å². The van der Waals surface area contributed by atoms with E-state index in [2.05, 4.69) is 102 Å². The first-order chi connectivity index (χ1) is 17.2. The Morgan fingerprint density at radius 3 is 1.72 bits per heavy atom. The molecule has 182 valence electrons. The monoisotopic (exact) mass is 672 g/mol. The van der Waals surface area contributed by atoms with Crippen LogP contribution in [0.15, 0.2) is 115 Å². The van der Waals surface area contributed by atoms with E-state index in [1.54, 1.807) is 18.3 Å². The zero-order chi connectivity index (χ0) is 24.5. The molecule has 0 atom stereocenters. The van der Waals surface area contributed by atoms with E-state index in [4.69, 9.17) is 6.42 Å². The molecule has 0 aliphatic carbocycles. The van der Waals surface area contributed by atoms with Crippen LogP contribution in [-0.2, 0) is 28.8 Å². The van der Waals surface area contributed by atoms with E-state index in [0.717, 1.165) is 18.4 Å². The molecule has 0 aliphatic rings. The van der Waals surface area contributed by atoms with Gasteiger partial charge in [0.2, 0.25) is 0 Å². The standard InChI is InChI=1S/C18H15P.C14H11FN.Au/c1-4-10-16(11-5-1)19(17-12-6-2-7-13-17)18-14-8-3-9-15-18;1-3-6-10-9-13(15)12-7-5-8-16-14(12)11(10)4-2;/h1-15H;5,7-9H,3,6H2,1H3;/q;-1;+1/p+1. The minimum Gasteiger partial charge on any atom is -0.366 e. The Morgan fingerprint density at radius 1 is 0.778 bits per heavy atom. The van der Waals surface area contributed by atoms with Crippen molar-refractivity contribution in [2.45, 2.75) is 19.8 Å². The number of pyridine rings is 1. The van der Waals surface area contributed by atoms with Gasteiger partial charge >= 0.3 is 22.4 Å². The Labute approximate surface area is 230 Å². The van der Waals surface area contributed by atoms with Crippen LogP contribution >= 0.6 is 7.92 Å². The summed E-state index contributed by atoms with van der Waals surface area (Å²) in [6, 6.07) is 37.4. The van der Waals surface area contributed by atoms with Crippen molar-refractivity contribution < 1.29 is 26.8 Å². The van der Waals surface area contributed by atoms with Gasteiger partial charge in [0.15, 0.2) is 0 Å². The number of benzene rings is 4. The van der Waals surface area contributed by atoms with Crippen molar-refractivity contribution in [1.29, 1.82) is 0 Å². The van der Waals surface area contributed by atoms with Crippen LogP contribution in [0.2, 0.25) is 0 Å². The molecule has 4 aromatic carbocycles. The molecule has 5 aromatic rings. The number of halogens is 1. The fourth-order valence-corrected chi connectivity index (χ4v) is 6.75. The van der Waals surface area contributed by atoms with Gasteiger partial charge in [-0.05, 0) is 61.0 Å². The average molecular weight is 673 g/mol. The Kier molecular flexibility index (Phi) is 10.6. The maximum atomic E-state index is 13.8. The molecule has 1 aromatic heterocycles. The third-order valence-corrected chi connectivity index (χ3v) is 8.49. The maximum Gasteiger partial charge on any atom is 1.00 e. The summed E-state index contributed by atoms with van der Waals surface area (Å²) in [7, 11) is -0.877. The summed E-state index contributed by atoms with van der Waals surface area (Å²) in [4.78, 5) is 4.13. The van der Waals surface area contributed by atoms with E-state index in [-0.39, 0.29) is 28.2 Å². The van der Waals surface area contributed by atoms with Gasteiger partial charge < -0.3 is 6.42 Å². The third-order valence-electron chi connectivity index (χ3n) is 5.76. The van der Waals surface area contributed by atoms with E-state index in [0.29, 0.717) is 16.5 Å². The van der Waals surface area contributed by atoms with Crippen molar-refractivity contribution >= 4 is 34.7 Å².